The molecule has 2 aromatic rings. The van der Waals surface area contributed by atoms with Gasteiger partial charge in [-0.05, 0) is 49.4 Å². The maximum atomic E-state index is 12.5. The Kier molecular flexibility index (Phi) is 7.13. The molecule has 0 spiro atoms. The third kappa shape index (κ3) is 5.21. The molecule has 0 aliphatic carbocycles. The van der Waals surface area contributed by atoms with Gasteiger partial charge >= 0.3 is 5.97 Å². The zero-order chi connectivity index (χ0) is 21.5. The lowest BCUT2D eigenvalue weighted by Gasteiger charge is -2.29. The van der Waals surface area contributed by atoms with Crippen LogP contribution < -0.4 is 19.7 Å². The van der Waals surface area contributed by atoms with Crippen LogP contribution in [0.3, 0.4) is 0 Å². The Labute approximate surface area is 175 Å². The number of methoxy groups -OCH3 is 2. The molecule has 0 saturated carbocycles. The second kappa shape index (κ2) is 9.98. The van der Waals surface area contributed by atoms with E-state index >= 15 is 0 Å². The van der Waals surface area contributed by atoms with Crippen LogP contribution in [0.5, 0.6) is 11.5 Å². The Morgan fingerprint density at radius 2 is 1.73 bits per heavy atom. The predicted octanol–water partition coefficient (Wildman–Crippen LogP) is 2.72. The number of nitrogens with zero attached hydrogens (tertiary/aromatic N) is 1. The molecule has 30 heavy (non-hydrogen) atoms. The van der Waals surface area contributed by atoms with Gasteiger partial charge in [-0.3, -0.25) is 4.79 Å². The molecule has 2 aromatic carbocycles. The molecule has 1 N–H and O–H groups in total. The zero-order valence-electron chi connectivity index (χ0n) is 17.3. The van der Waals surface area contributed by atoms with Crippen LogP contribution >= 0.6 is 0 Å². The Morgan fingerprint density at radius 3 is 2.37 bits per heavy atom. The first-order valence-electron chi connectivity index (χ1n) is 9.68. The molecule has 1 saturated heterocycles. The van der Waals surface area contributed by atoms with Crippen molar-refractivity contribution in [3.05, 3.63) is 48.0 Å². The van der Waals surface area contributed by atoms with E-state index in [9.17, 15) is 9.59 Å². The van der Waals surface area contributed by atoms with Gasteiger partial charge in [0.25, 0.3) is 5.91 Å². The summed E-state index contributed by atoms with van der Waals surface area (Å²) in [6, 6.07) is 12.3. The summed E-state index contributed by atoms with van der Waals surface area (Å²) < 4.78 is 21.1. The number of carbonyl (C=O) groups excluding carboxylic acids is 2. The molecule has 1 aliphatic heterocycles. The quantitative estimate of drug-likeness (QED) is 0.697. The van der Waals surface area contributed by atoms with E-state index in [0.29, 0.717) is 22.7 Å². The van der Waals surface area contributed by atoms with Crippen molar-refractivity contribution in [2.24, 2.45) is 0 Å². The summed E-state index contributed by atoms with van der Waals surface area (Å²) in [5.74, 6) is -0.0812. The molecule has 3 rings (SSSR count). The number of esters is 1. The number of amides is 1. The van der Waals surface area contributed by atoms with Crippen molar-refractivity contribution in [3.8, 4) is 11.5 Å². The van der Waals surface area contributed by atoms with Gasteiger partial charge in [-0.1, -0.05) is 0 Å². The minimum atomic E-state index is -0.776. The average molecular weight is 414 g/mol. The van der Waals surface area contributed by atoms with Gasteiger partial charge in [0, 0.05) is 24.5 Å². The van der Waals surface area contributed by atoms with E-state index < -0.39 is 12.1 Å². The van der Waals surface area contributed by atoms with Gasteiger partial charge in [-0.2, -0.15) is 0 Å². The second-order valence-corrected chi connectivity index (χ2v) is 6.75. The normalized spacial score (nSPS) is 14.6. The fraction of sp³-hybridized carbons (Fsp3) is 0.364. The second-order valence-electron chi connectivity index (χ2n) is 6.75. The van der Waals surface area contributed by atoms with Crippen molar-refractivity contribution >= 4 is 23.3 Å². The minimum absolute atomic E-state index is 0.298. The molecule has 1 aliphatic rings. The fourth-order valence-electron chi connectivity index (χ4n) is 3.07. The molecule has 1 amide bonds. The van der Waals surface area contributed by atoms with Crippen LogP contribution in [0.15, 0.2) is 42.5 Å². The van der Waals surface area contributed by atoms with Gasteiger partial charge in [0.05, 0.1) is 33.0 Å². The monoisotopic (exact) mass is 414 g/mol. The highest BCUT2D eigenvalue weighted by Gasteiger charge is 2.19. The smallest absolute Gasteiger partial charge is 0.337 e. The van der Waals surface area contributed by atoms with Crippen molar-refractivity contribution in [3.63, 3.8) is 0 Å². The van der Waals surface area contributed by atoms with Gasteiger partial charge in [-0.25, -0.2) is 4.79 Å². The standard InChI is InChI=1S/C22H26N2O6/c1-15(30-19-9-4-16(22(26)28-3)14-20(19)27-2)21(25)23-17-5-7-18(8-6-17)24-10-12-29-13-11-24/h4-9,14-15H,10-13H2,1-3H3,(H,23,25)/t15-/m0/s1. The lowest BCUT2D eigenvalue weighted by molar-refractivity contribution is -0.122. The summed E-state index contributed by atoms with van der Waals surface area (Å²) in [4.78, 5) is 26.4. The van der Waals surface area contributed by atoms with E-state index in [4.69, 9.17) is 18.9 Å². The lowest BCUT2D eigenvalue weighted by atomic mass is 10.2. The summed E-state index contributed by atoms with van der Waals surface area (Å²) in [7, 11) is 2.77. The lowest BCUT2D eigenvalue weighted by Crippen LogP contribution is -2.36. The zero-order valence-corrected chi connectivity index (χ0v) is 17.3. The number of rotatable bonds is 7. The van der Waals surface area contributed by atoms with Gasteiger partial charge in [0.15, 0.2) is 17.6 Å². The maximum Gasteiger partial charge on any atom is 0.337 e. The molecule has 0 radical (unpaired) electrons. The van der Waals surface area contributed by atoms with Crippen molar-refractivity contribution in [2.45, 2.75) is 13.0 Å². The molecular weight excluding hydrogens is 388 g/mol. The summed E-state index contributed by atoms with van der Waals surface area (Å²) >= 11 is 0. The highest BCUT2D eigenvalue weighted by molar-refractivity contribution is 5.94. The minimum Gasteiger partial charge on any atom is -0.493 e. The molecule has 0 aromatic heterocycles. The van der Waals surface area contributed by atoms with Gasteiger partial charge in [0.2, 0.25) is 0 Å². The Balaban J connectivity index is 1.61. The van der Waals surface area contributed by atoms with E-state index in [1.807, 2.05) is 24.3 Å². The van der Waals surface area contributed by atoms with Crippen LogP contribution in [0.4, 0.5) is 11.4 Å². The van der Waals surface area contributed by atoms with Crippen LogP contribution in [-0.4, -0.2) is 58.5 Å². The first-order valence-corrected chi connectivity index (χ1v) is 9.68. The van der Waals surface area contributed by atoms with E-state index in [-0.39, 0.29) is 5.91 Å². The van der Waals surface area contributed by atoms with Crippen LogP contribution in [0.2, 0.25) is 0 Å². The molecule has 160 valence electrons. The fourth-order valence-corrected chi connectivity index (χ4v) is 3.07. The van der Waals surface area contributed by atoms with Crippen LogP contribution in [0.1, 0.15) is 17.3 Å². The maximum absolute atomic E-state index is 12.5. The first kappa shape index (κ1) is 21.4. The van der Waals surface area contributed by atoms with E-state index in [2.05, 4.69) is 10.2 Å². The van der Waals surface area contributed by atoms with Crippen LogP contribution in [-0.2, 0) is 14.3 Å². The number of ether oxygens (including phenoxy) is 4. The van der Waals surface area contributed by atoms with Crippen LogP contribution in [0.25, 0.3) is 0 Å². The number of carbonyl (C=O) groups is 2. The van der Waals surface area contributed by atoms with Crippen molar-refractivity contribution < 1.29 is 28.5 Å². The first-order chi connectivity index (χ1) is 14.5. The molecule has 1 heterocycles. The molecule has 1 atom stereocenters. The van der Waals surface area contributed by atoms with Crippen molar-refractivity contribution in [2.75, 3.05) is 50.7 Å². The number of hydrogen-bond acceptors (Lipinski definition) is 7. The topological polar surface area (TPSA) is 86.3 Å². The molecular formula is C22H26N2O6. The molecule has 1 fully saturated rings. The SMILES string of the molecule is COC(=O)c1ccc(O[C@@H](C)C(=O)Nc2ccc(N3CCOCC3)cc2)c(OC)c1. The van der Waals surface area contributed by atoms with E-state index in [1.54, 1.807) is 19.1 Å². The summed E-state index contributed by atoms with van der Waals surface area (Å²) in [6.07, 6.45) is -0.776. The number of nitrogens with one attached hydrogen (secondary N) is 1. The number of hydrogen-bond donors (Lipinski definition) is 1. The summed E-state index contributed by atoms with van der Waals surface area (Å²) in [5, 5.41) is 2.85. The number of anilines is 2. The third-order valence-electron chi connectivity index (χ3n) is 4.77. The molecule has 8 heteroatoms. The number of benzene rings is 2. The number of morpholine rings is 1. The summed E-state index contributed by atoms with van der Waals surface area (Å²) in [6.45, 7) is 4.79. The highest BCUT2D eigenvalue weighted by atomic mass is 16.5. The molecule has 0 unspecified atom stereocenters. The van der Waals surface area contributed by atoms with Gasteiger partial charge in [0.1, 0.15) is 0 Å². The Morgan fingerprint density at radius 1 is 1.03 bits per heavy atom. The Hall–Kier alpha value is -3.26. The average Bonchev–Trinajstić information content (AvgIpc) is 2.79. The summed E-state index contributed by atoms with van der Waals surface area (Å²) in [5.41, 5.74) is 2.11. The highest BCUT2D eigenvalue weighted by Crippen LogP contribution is 2.29. The third-order valence-corrected chi connectivity index (χ3v) is 4.77. The van der Waals surface area contributed by atoms with Crippen LogP contribution in [0, 0.1) is 0 Å². The van der Waals surface area contributed by atoms with Gasteiger partial charge in [-0.15, -0.1) is 0 Å². The largest absolute Gasteiger partial charge is 0.493 e. The molecule has 0 bridgehead atoms. The Bertz CT molecular complexity index is 878. The predicted molar refractivity (Wildman–Crippen MR) is 113 cm³/mol. The molecule has 8 nitrogen and oxygen atoms in total. The van der Waals surface area contributed by atoms with Crippen molar-refractivity contribution in [1.29, 1.82) is 0 Å². The van der Waals surface area contributed by atoms with E-state index in [0.717, 1.165) is 32.0 Å². The van der Waals surface area contributed by atoms with E-state index in [1.165, 1.54) is 20.3 Å². The van der Waals surface area contributed by atoms with Gasteiger partial charge < -0.3 is 29.2 Å². The van der Waals surface area contributed by atoms with Crippen molar-refractivity contribution in [1.82, 2.24) is 0 Å².